The molecule has 15 rings (SSSR count). The van der Waals surface area contributed by atoms with Crippen LogP contribution in [0.2, 0.25) is 5.15 Å². The van der Waals surface area contributed by atoms with Crippen LogP contribution in [0.1, 0.15) is 115 Å². The van der Waals surface area contributed by atoms with Gasteiger partial charge in [-0.05, 0) is 142 Å². The Balaban J connectivity index is 0.000000134. The lowest BCUT2D eigenvalue weighted by atomic mass is 10.1. The third kappa shape index (κ3) is 17.2. The van der Waals surface area contributed by atoms with E-state index in [0.29, 0.717) is 49.2 Å². The molecule has 3 saturated heterocycles. The molecule has 2 amide bonds. The van der Waals surface area contributed by atoms with Crippen molar-refractivity contribution in [3.8, 4) is 0 Å². The molecule has 12 heterocycles. The highest BCUT2D eigenvalue weighted by Gasteiger charge is 2.31. The number of hydrogen-bond acceptors (Lipinski definition) is 20. The molecule has 9 aromatic rings. The van der Waals surface area contributed by atoms with Crippen LogP contribution in [-0.2, 0) is 29.1 Å². The highest BCUT2D eigenvalue weighted by atomic mass is 35.5. The topological polar surface area (TPSA) is 233 Å². The van der Waals surface area contributed by atoms with Crippen LogP contribution in [0, 0.1) is 0 Å². The summed E-state index contributed by atoms with van der Waals surface area (Å²) in [5.41, 5.74) is 18.8. The van der Waals surface area contributed by atoms with Crippen LogP contribution in [-0.4, -0.2) is 159 Å². The zero-order chi connectivity index (χ0) is 72.0. The maximum absolute atomic E-state index is 12.4. The first-order chi connectivity index (χ1) is 48.9. The third-order valence-electron chi connectivity index (χ3n) is 19.1. The third-order valence-corrected chi connectivity index (χ3v) is 19.3. The monoisotopic (exact) mass is 1400 g/mol. The lowest BCUT2D eigenvalue weighted by molar-refractivity contribution is 0.0174. The Hall–Kier alpha value is -10.3. The number of nitrogens with one attached hydrogen (secondary N) is 3. The van der Waals surface area contributed by atoms with Gasteiger partial charge in [0.05, 0.1) is 69.3 Å². The average molecular weight is 1410 g/mol. The van der Waals surface area contributed by atoms with Crippen LogP contribution in [0.25, 0.3) is 0 Å². The maximum Gasteiger partial charge on any atom is 0.410 e. The summed E-state index contributed by atoms with van der Waals surface area (Å²) in [6.07, 6.45) is 16.9. The summed E-state index contributed by atoms with van der Waals surface area (Å²) in [5.74, 6) is 3.70. The van der Waals surface area contributed by atoms with Crippen molar-refractivity contribution in [2.24, 2.45) is 0 Å². The van der Waals surface area contributed by atoms with Gasteiger partial charge in [-0.2, -0.15) is 15.3 Å². The number of nitrogen functional groups attached to an aromatic ring is 1. The van der Waals surface area contributed by atoms with Crippen LogP contribution in [0.5, 0.6) is 0 Å². The molecule has 6 aliphatic rings. The lowest BCUT2D eigenvalue weighted by Gasteiger charge is -2.33. The molecule has 6 aromatic heterocycles. The molecule has 0 aliphatic carbocycles. The number of pyridine rings is 3. The van der Waals surface area contributed by atoms with Gasteiger partial charge in [-0.1, -0.05) is 48.0 Å². The van der Waals surface area contributed by atoms with E-state index in [1.807, 2.05) is 100 Å². The fourth-order valence-corrected chi connectivity index (χ4v) is 14.0. The van der Waals surface area contributed by atoms with Gasteiger partial charge in [0.2, 0.25) is 0 Å². The molecule has 0 radical (unpaired) electrons. The van der Waals surface area contributed by atoms with Crippen molar-refractivity contribution in [1.82, 2.24) is 59.4 Å². The van der Waals surface area contributed by atoms with E-state index in [9.17, 15) is 9.59 Å². The summed E-state index contributed by atoms with van der Waals surface area (Å²) in [6.45, 7) is 18.6. The lowest BCUT2D eigenvalue weighted by Crippen LogP contribution is -2.42. The number of carbonyl (C=O) groups excluding carboxylic acids is 2. The summed E-state index contributed by atoms with van der Waals surface area (Å²) < 4.78 is 16.9. The molecule has 538 valence electrons. The smallest absolute Gasteiger partial charge is 0.410 e. The van der Waals surface area contributed by atoms with Crippen molar-refractivity contribution in [3.05, 3.63) is 168 Å². The van der Waals surface area contributed by atoms with Crippen LogP contribution < -0.4 is 51.1 Å². The second-order valence-electron chi connectivity index (χ2n) is 29.0. The Morgan fingerprint density at radius 3 is 1.17 bits per heavy atom. The van der Waals surface area contributed by atoms with Crippen molar-refractivity contribution in [2.45, 2.75) is 129 Å². The fourth-order valence-electron chi connectivity index (χ4n) is 13.8. The van der Waals surface area contributed by atoms with E-state index in [2.05, 4.69) is 203 Å². The number of carbonyl (C=O) groups is 2. The minimum absolute atomic E-state index is 0.231. The largest absolute Gasteiger partial charge is 0.444 e. The molecule has 3 fully saturated rings. The Morgan fingerprint density at radius 1 is 0.451 bits per heavy atom. The predicted molar refractivity (Wildman–Crippen MR) is 409 cm³/mol. The van der Waals surface area contributed by atoms with Gasteiger partial charge in [-0.15, -0.1) is 0 Å². The number of likely N-dealkylation sites (tertiary alicyclic amines) is 2. The summed E-state index contributed by atoms with van der Waals surface area (Å²) in [4.78, 5) is 54.7. The molecule has 25 nitrogen and oxygen atoms in total. The number of piperidine rings is 3. The molecule has 5 N–H and O–H groups in total. The number of nitrogens with zero attached hydrogens (tertiary/aromatic N) is 17. The second kappa shape index (κ2) is 30.9. The number of rotatable bonds is 7. The first-order valence-corrected chi connectivity index (χ1v) is 35.6. The molecule has 0 spiro atoms. The molecule has 0 unspecified atom stereocenters. The van der Waals surface area contributed by atoms with Crippen molar-refractivity contribution in [2.75, 3.05) is 127 Å². The number of aromatic nitrogens is 9. The van der Waals surface area contributed by atoms with Gasteiger partial charge in [0.25, 0.3) is 0 Å². The zero-order valence-electron chi connectivity index (χ0n) is 60.9. The average Bonchev–Trinajstić information content (AvgIpc) is 1.65. The fraction of sp³-hybridized carbons (Fsp3) is 0.421. The van der Waals surface area contributed by atoms with E-state index in [1.54, 1.807) is 15.9 Å². The van der Waals surface area contributed by atoms with Gasteiger partial charge in [0, 0.05) is 166 Å². The summed E-state index contributed by atoms with van der Waals surface area (Å²) in [6, 6.07) is 38.3. The number of ether oxygens (including phenoxy) is 2. The standard InChI is InChI=1S/C27H35N7O2.C22H27N7.C14H14ClN3.C13H22N4O2/c1-27(2,3)36-26(35)33-13-10-20(11-14-33)34-15-12-24(30-34)29-25-16-23-19(17-28-25)18-31(4)21-8-6-7-9-22(21)32(23)5;1-27-15-16-14-24-22(13-20(16)28(2)19-6-4-3-5-18(19)27)25-21-9-12-29(26-21)17-7-10-23-11-8-17;1-17-9-10-8-16-14(15)7-13(10)18(2)12-6-4-3-5-11(12)17;1-13(2,3)19-12(18)16-7-4-10(5-8-16)17-9-6-11(14)15-17/h6-9,12,15-17,20H,10-11,13-14,18H2,1-5H3,(H,28,29,30);3-6,9,12-14,17,23H,7-8,10-11,15H2,1-2H3,(H,24,25,26);3-8H,9H2,1-2H3;6,9-10H,4-5,7-8H2,1-3H3,(H2,14,15). The van der Waals surface area contributed by atoms with Gasteiger partial charge in [-0.25, -0.2) is 24.5 Å². The van der Waals surface area contributed by atoms with Crippen molar-refractivity contribution < 1.29 is 19.1 Å². The molecule has 0 atom stereocenters. The highest BCUT2D eigenvalue weighted by Crippen LogP contribution is 2.43. The summed E-state index contributed by atoms with van der Waals surface area (Å²) >= 11 is 6.01. The Labute approximate surface area is 604 Å². The quantitative estimate of drug-likeness (QED) is 0.109. The molecule has 6 aliphatic heterocycles. The number of nitrogens with two attached hydrogens (primary N) is 1. The normalized spacial score (nSPS) is 16.3. The molecule has 0 saturated carbocycles. The molecule has 3 aromatic carbocycles. The van der Waals surface area contributed by atoms with E-state index in [4.69, 9.17) is 37.0 Å². The number of hydrogen-bond donors (Lipinski definition) is 4. The number of anilines is 14. The molecule has 26 heteroatoms. The Morgan fingerprint density at radius 2 is 0.794 bits per heavy atom. The van der Waals surface area contributed by atoms with E-state index in [1.165, 1.54) is 45.1 Å². The Kier molecular flexibility index (Phi) is 21.7. The van der Waals surface area contributed by atoms with E-state index in [-0.39, 0.29) is 18.2 Å². The number of benzene rings is 3. The summed E-state index contributed by atoms with van der Waals surface area (Å²) in [5, 5.41) is 24.4. The highest BCUT2D eigenvalue weighted by molar-refractivity contribution is 6.29. The van der Waals surface area contributed by atoms with Crippen LogP contribution in [0.4, 0.5) is 89.9 Å². The first-order valence-electron chi connectivity index (χ1n) is 35.2. The minimum atomic E-state index is -0.478. The zero-order valence-corrected chi connectivity index (χ0v) is 61.6. The predicted octanol–water partition coefficient (Wildman–Crippen LogP) is 14.5. The SMILES string of the molecule is CC(C)(C)OC(=O)N1CCC(n2ccc(N)n2)CC1.CN1Cc2cnc(Cl)cc2N(C)c2ccccc21.CN1Cc2cnc(Nc3ccn(C4CCN(C(=O)OC(C)(C)C)CC4)n3)cc2N(C)c2ccccc21.CN1Cc2cnc(Nc3ccn(C4CCNCC4)n3)cc2N(C)c2ccccc21. The second-order valence-corrected chi connectivity index (χ2v) is 29.3. The van der Waals surface area contributed by atoms with E-state index >= 15 is 0 Å². The van der Waals surface area contributed by atoms with E-state index < -0.39 is 11.2 Å². The number of para-hydroxylation sites is 6. The number of fused-ring (bicyclic) bond motifs is 6. The first kappa shape index (κ1) is 71.6. The number of amides is 2. The van der Waals surface area contributed by atoms with Gasteiger partial charge in [-0.3, -0.25) is 14.0 Å². The van der Waals surface area contributed by atoms with Gasteiger partial charge < -0.3 is 70.4 Å². The van der Waals surface area contributed by atoms with Crippen molar-refractivity contribution in [1.29, 1.82) is 0 Å². The maximum atomic E-state index is 12.4. The molecular formula is C76H98ClN21O4. The van der Waals surface area contributed by atoms with E-state index in [0.717, 1.165) is 117 Å². The minimum Gasteiger partial charge on any atom is -0.444 e. The van der Waals surface area contributed by atoms with Crippen LogP contribution >= 0.6 is 11.6 Å². The van der Waals surface area contributed by atoms with Crippen LogP contribution in [0.3, 0.4) is 0 Å². The van der Waals surface area contributed by atoms with Crippen LogP contribution in [0.15, 0.2) is 146 Å². The molecule has 102 heavy (non-hydrogen) atoms. The van der Waals surface area contributed by atoms with Crippen molar-refractivity contribution in [3.63, 3.8) is 0 Å². The van der Waals surface area contributed by atoms with Gasteiger partial charge in [0.1, 0.15) is 33.8 Å². The summed E-state index contributed by atoms with van der Waals surface area (Å²) in [7, 11) is 12.6. The van der Waals surface area contributed by atoms with Gasteiger partial charge in [0.15, 0.2) is 11.6 Å². The van der Waals surface area contributed by atoms with Crippen molar-refractivity contribution >= 4 is 104 Å². The van der Waals surface area contributed by atoms with Gasteiger partial charge >= 0.3 is 12.2 Å². The Bertz CT molecular complexity index is 4350. The molecular weight excluding hydrogens is 1310 g/mol. The molecule has 0 bridgehead atoms. The number of halogens is 1.